The Balaban J connectivity index is 1.39. The third kappa shape index (κ3) is 4.21. The highest BCUT2D eigenvalue weighted by atomic mass is 16.2. The Kier molecular flexibility index (Phi) is 5.69. The molecular weight excluding hydrogens is 364 g/mol. The SMILES string of the molecule is Cc1nccc(-n2cc3c(n2)CCN(CC(=O)N2CCN(C(C)C)CC2)C3)c1C. The number of carbonyl (C=O) groups excluding carboxylic acids is 1. The summed E-state index contributed by atoms with van der Waals surface area (Å²) in [6.45, 7) is 14.4. The largest absolute Gasteiger partial charge is 0.339 e. The first-order valence-corrected chi connectivity index (χ1v) is 10.7. The number of piperazine rings is 1. The summed E-state index contributed by atoms with van der Waals surface area (Å²) in [5.74, 6) is 0.254. The van der Waals surface area contributed by atoms with Gasteiger partial charge >= 0.3 is 0 Å². The van der Waals surface area contributed by atoms with Crippen LogP contribution in [0, 0.1) is 13.8 Å². The molecule has 2 aromatic rings. The molecule has 156 valence electrons. The maximum Gasteiger partial charge on any atom is 0.236 e. The van der Waals surface area contributed by atoms with Crippen molar-refractivity contribution in [2.24, 2.45) is 0 Å². The first-order chi connectivity index (χ1) is 13.9. The van der Waals surface area contributed by atoms with E-state index in [4.69, 9.17) is 5.10 Å². The normalized spacial score (nSPS) is 18.3. The lowest BCUT2D eigenvalue weighted by Crippen LogP contribution is -2.53. The molecule has 1 saturated heterocycles. The molecule has 4 rings (SSSR count). The summed E-state index contributed by atoms with van der Waals surface area (Å²) in [6, 6.07) is 2.57. The molecule has 0 spiro atoms. The minimum absolute atomic E-state index is 0.254. The number of aromatic nitrogens is 3. The third-order valence-electron chi connectivity index (χ3n) is 6.37. The number of fused-ring (bicyclic) bond motifs is 1. The van der Waals surface area contributed by atoms with Crippen molar-refractivity contribution < 1.29 is 4.79 Å². The Bertz CT molecular complexity index is 881. The summed E-state index contributed by atoms with van der Waals surface area (Å²) in [4.78, 5) is 23.9. The molecule has 0 radical (unpaired) electrons. The van der Waals surface area contributed by atoms with Crippen LogP contribution in [-0.4, -0.2) is 80.7 Å². The first kappa shape index (κ1) is 20.0. The minimum atomic E-state index is 0.254. The Labute approximate surface area is 173 Å². The van der Waals surface area contributed by atoms with Gasteiger partial charge in [-0.1, -0.05) is 0 Å². The van der Waals surface area contributed by atoms with Crippen molar-refractivity contribution in [3.63, 3.8) is 0 Å². The molecule has 0 aliphatic carbocycles. The molecule has 2 aliphatic heterocycles. The van der Waals surface area contributed by atoms with Crippen LogP contribution in [0.2, 0.25) is 0 Å². The van der Waals surface area contributed by atoms with Crippen LogP contribution < -0.4 is 0 Å². The van der Waals surface area contributed by atoms with Crippen LogP contribution in [0.1, 0.15) is 36.4 Å². The molecule has 0 bridgehead atoms. The van der Waals surface area contributed by atoms with Gasteiger partial charge in [0.1, 0.15) is 0 Å². The molecular formula is C22H32N6O. The van der Waals surface area contributed by atoms with Gasteiger partial charge in [0.05, 0.1) is 17.9 Å². The molecule has 7 nitrogen and oxygen atoms in total. The topological polar surface area (TPSA) is 57.5 Å². The van der Waals surface area contributed by atoms with Crippen LogP contribution in [-0.2, 0) is 17.8 Å². The number of carbonyl (C=O) groups is 1. The van der Waals surface area contributed by atoms with E-state index in [0.717, 1.165) is 68.3 Å². The zero-order chi connectivity index (χ0) is 20.5. The van der Waals surface area contributed by atoms with E-state index in [-0.39, 0.29) is 5.91 Å². The average Bonchev–Trinajstić information content (AvgIpc) is 3.13. The van der Waals surface area contributed by atoms with E-state index < -0.39 is 0 Å². The van der Waals surface area contributed by atoms with Gasteiger partial charge in [-0.2, -0.15) is 5.10 Å². The van der Waals surface area contributed by atoms with Gasteiger partial charge in [0.25, 0.3) is 0 Å². The Morgan fingerprint density at radius 1 is 1.14 bits per heavy atom. The van der Waals surface area contributed by atoms with Crippen molar-refractivity contribution in [2.45, 2.75) is 46.7 Å². The van der Waals surface area contributed by atoms with Crippen molar-refractivity contribution in [1.82, 2.24) is 29.5 Å². The summed E-state index contributed by atoms with van der Waals surface area (Å²) < 4.78 is 1.98. The van der Waals surface area contributed by atoms with Crippen LogP contribution in [0.4, 0.5) is 0 Å². The van der Waals surface area contributed by atoms with Gasteiger partial charge in [0.2, 0.25) is 5.91 Å². The summed E-state index contributed by atoms with van der Waals surface area (Å²) >= 11 is 0. The summed E-state index contributed by atoms with van der Waals surface area (Å²) in [7, 11) is 0. The van der Waals surface area contributed by atoms with Crippen molar-refractivity contribution in [3.05, 3.63) is 41.0 Å². The Morgan fingerprint density at radius 2 is 1.90 bits per heavy atom. The van der Waals surface area contributed by atoms with Gasteiger partial charge in [-0.15, -0.1) is 0 Å². The van der Waals surface area contributed by atoms with Gasteiger partial charge in [0, 0.05) is 75.4 Å². The zero-order valence-corrected chi connectivity index (χ0v) is 18.1. The second-order valence-electron chi connectivity index (χ2n) is 8.56. The Hall–Kier alpha value is -2.25. The lowest BCUT2D eigenvalue weighted by molar-refractivity contribution is -0.134. The monoisotopic (exact) mass is 396 g/mol. The zero-order valence-electron chi connectivity index (χ0n) is 18.1. The van der Waals surface area contributed by atoms with E-state index in [1.165, 1.54) is 5.56 Å². The minimum Gasteiger partial charge on any atom is -0.339 e. The van der Waals surface area contributed by atoms with Crippen molar-refractivity contribution in [1.29, 1.82) is 0 Å². The quantitative estimate of drug-likeness (QED) is 0.789. The van der Waals surface area contributed by atoms with E-state index in [0.29, 0.717) is 12.6 Å². The second kappa shape index (κ2) is 8.24. The van der Waals surface area contributed by atoms with E-state index in [1.807, 2.05) is 28.8 Å². The number of amides is 1. The van der Waals surface area contributed by atoms with Gasteiger partial charge in [-0.3, -0.25) is 19.6 Å². The number of nitrogens with zero attached hydrogens (tertiary/aromatic N) is 6. The van der Waals surface area contributed by atoms with Gasteiger partial charge in [0.15, 0.2) is 0 Å². The van der Waals surface area contributed by atoms with Crippen LogP contribution in [0.3, 0.4) is 0 Å². The van der Waals surface area contributed by atoms with Crippen LogP contribution >= 0.6 is 0 Å². The van der Waals surface area contributed by atoms with E-state index in [9.17, 15) is 4.79 Å². The molecule has 2 aromatic heterocycles. The average molecular weight is 397 g/mol. The van der Waals surface area contributed by atoms with Gasteiger partial charge < -0.3 is 4.90 Å². The molecule has 0 N–H and O–H groups in total. The molecule has 4 heterocycles. The maximum absolute atomic E-state index is 12.8. The number of aryl methyl sites for hydroxylation is 1. The highest BCUT2D eigenvalue weighted by Gasteiger charge is 2.26. The highest BCUT2D eigenvalue weighted by molar-refractivity contribution is 5.78. The second-order valence-corrected chi connectivity index (χ2v) is 8.56. The fraction of sp³-hybridized carbons (Fsp3) is 0.591. The number of hydrogen-bond donors (Lipinski definition) is 0. The maximum atomic E-state index is 12.8. The molecule has 2 aliphatic rings. The number of hydrogen-bond acceptors (Lipinski definition) is 5. The van der Waals surface area contributed by atoms with E-state index >= 15 is 0 Å². The van der Waals surface area contributed by atoms with Crippen molar-refractivity contribution >= 4 is 5.91 Å². The summed E-state index contributed by atoms with van der Waals surface area (Å²) in [5.41, 5.74) is 5.63. The fourth-order valence-electron chi connectivity index (χ4n) is 4.28. The molecule has 0 unspecified atom stereocenters. The predicted molar refractivity (Wildman–Crippen MR) is 113 cm³/mol. The highest BCUT2D eigenvalue weighted by Crippen LogP contribution is 2.22. The van der Waals surface area contributed by atoms with Crippen LogP contribution in [0.25, 0.3) is 5.69 Å². The molecule has 29 heavy (non-hydrogen) atoms. The fourth-order valence-corrected chi connectivity index (χ4v) is 4.28. The lowest BCUT2D eigenvalue weighted by Gasteiger charge is -2.38. The molecule has 1 fully saturated rings. The molecule has 1 amide bonds. The third-order valence-corrected chi connectivity index (χ3v) is 6.37. The number of pyridine rings is 1. The van der Waals surface area contributed by atoms with E-state index in [2.05, 4.69) is 41.8 Å². The standard InChI is InChI=1S/C22H32N6O/c1-16(2)26-9-11-27(12-10-26)22(29)15-25-8-6-20-19(13-25)14-28(24-20)21-5-7-23-18(4)17(21)3/h5,7,14,16H,6,8-13,15H2,1-4H3. The Morgan fingerprint density at radius 3 is 2.62 bits per heavy atom. The molecule has 0 saturated carbocycles. The predicted octanol–water partition coefficient (Wildman–Crippen LogP) is 1.79. The van der Waals surface area contributed by atoms with Gasteiger partial charge in [-0.05, 0) is 39.3 Å². The first-order valence-electron chi connectivity index (χ1n) is 10.7. The lowest BCUT2D eigenvalue weighted by atomic mass is 10.1. The summed E-state index contributed by atoms with van der Waals surface area (Å²) in [5, 5.41) is 4.81. The van der Waals surface area contributed by atoms with Crippen LogP contribution in [0.5, 0.6) is 0 Å². The van der Waals surface area contributed by atoms with Crippen LogP contribution in [0.15, 0.2) is 18.5 Å². The molecule has 0 aromatic carbocycles. The number of rotatable bonds is 4. The van der Waals surface area contributed by atoms with E-state index in [1.54, 1.807) is 0 Å². The van der Waals surface area contributed by atoms with Gasteiger partial charge in [-0.25, -0.2) is 4.68 Å². The summed E-state index contributed by atoms with van der Waals surface area (Å²) in [6.07, 6.45) is 4.84. The molecule has 7 heteroatoms. The van der Waals surface area contributed by atoms with Crippen molar-refractivity contribution in [3.8, 4) is 5.69 Å². The van der Waals surface area contributed by atoms with Crippen molar-refractivity contribution in [2.75, 3.05) is 39.3 Å². The smallest absolute Gasteiger partial charge is 0.236 e. The molecule has 0 atom stereocenters.